The second-order valence-electron chi connectivity index (χ2n) is 6.31. The average Bonchev–Trinajstić information content (AvgIpc) is 3.18. The maximum Gasteiger partial charge on any atom is 0.261 e. The normalized spacial score (nSPS) is 17.2. The van der Waals surface area contributed by atoms with Crippen LogP contribution in [0, 0.1) is 0 Å². The average molecular weight is 360 g/mol. The van der Waals surface area contributed by atoms with Gasteiger partial charge in [-0.1, -0.05) is 24.3 Å². The first kappa shape index (κ1) is 17.9. The van der Waals surface area contributed by atoms with E-state index in [2.05, 4.69) is 10.2 Å². The number of ether oxygens (including phenoxy) is 1. The van der Waals surface area contributed by atoms with Gasteiger partial charge in [-0.25, -0.2) is 0 Å². The Hall–Kier alpha value is -1.89. The van der Waals surface area contributed by atoms with Crippen LogP contribution in [0.1, 0.15) is 28.1 Å². The highest BCUT2D eigenvalue weighted by molar-refractivity contribution is 7.12. The number of methoxy groups -OCH3 is 1. The molecule has 5 nitrogen and oxygen atoms in total. The molecule has 2 heterocycles. The number of nitrogens with zero attached hydrogens (tertiary/aromatic N) is 1. The SMILES string of the molecule is COc1ccccc1C1(O)CCN(CCNC(=O)c2cccs2)CC1. The summed E-state index contributed by atoms with van der Waals surface area (Å²) in [6.45, 7) is 3.00. The summed E-state index contributed by atoms with van der Waals surface area (Å²) in [5, 5.41) is 15.9. The number of aliphatic hydroxyl groups is 1. The lowest BCUT2D eigenvalue weighted by molar-refractivity contribution is -0.0270. The maximum atomic E-state index is 11.9. The summed E-state index contributed by atoms with van der Waals surface area (Å²) in [5.74, 6) is 0.721. The number of piperidine rings is 1. The van der Waals surface area contributed by atoms with E-state index < -0.39 is 5.60 Å². The van der Waals surface area contributed by atoms with E-state index in [0.717, 1.165) is 35.8 Å². The molecule has 1 saturated heterocycles. The van der Waals surface area contributed by atoms with Gasteiger partial charge in [0.05, 0.1) is 17.6 Å². The summed E-state index contributed by atoms with van der Waals surface area (Å²) >= 11 is 1.45. The monoisotopic (exact) mass is 360 g/mol. The van der Waals surface area contributed by atoms with Crippen LogP contribution in [-0.4, -0.2) is 49.2 Å². The smallest absolute Gasteiger partial charge is 0.261 e. The number of rotatable bonds is 6. The van der Waals surface area contributed by atoms with Gasteiger partial charge in [-0.2, -0.15) is 0 Å². The number of hydrogen-bond donors (Lipinski definition) is 2. The molecule has 1 aromatic carbocycles. The van der Waals surface area contributed by atoms with Crippen LogP contribution >= 0.6 is 11.3 Å². The van der Waals surface area contributed by atoms with E-state index in [-0.39, 0.29) is 5.91 Å². The third-order valence-electron chi connectivity index (χ3n) is 4.75. The lowest BCUT2D eigenvalue weighted by Gasteiger charge is -2.39. The van der Waals surface area contributed by atoms with Crippen LogP contribution in [0.5, 0.6) is 5.75 Å². The molecule has 1 amide bonds. The molecule has 6 heteroatoms. The third kappa shape index (κ3) is 4.21. The highest BCUT2D eigenvalue weighted by Crippen LogP contribution is 2.37. The number of likely N-dealkylation sites (tertiary alicyclic amines) is 1. The van der Waals surface area contributed by atoms with Crippen LogP contribution in [0.2, 0.25) is 0 Å². The van der Waals surface area contributed by atoms with Gasteiger partial charge in [0.15, 0.2) is 0 Å². The van der Waals surface area contributed by atoms with Crippen molar-refractivity contribution in [3.63, 3.8) is 0 Å². The van der Waals surface area contributed by atoms with Crippen LogP contribution < -0.4 is 10.1 Å². The van der Waals surface area contributed by atoms with Crippen molar-refractivity contribution in [3.05, 3.63) is 52.2 Å². The Labute approximate surface area is 152 Å². The molecule has 134 valence electrons. The molecule has 2 N–H and O–H groups in total. The summed E-state index contributed by atoms with van der Waals surface area (Å²) < 4.78 is 5.40. The summed E-state index contributed by atoms with van der Waals surface area (Å²) in [5.41, 5.74) is 0.0201. The van der Waals surface area contributed by atoms with E-state index >= 15 is 0 Å². The van der Waals surface area contributed by atoms with Crippen molar-refractivity contribution in [1.29, 1.82) is 0 Å². The predicted molar refractivity (Wildman–Crippen MR) is 99.2 cm³/mol. The molecule has 0 unspecified atom stereocenters. The fourth-order valence-corrected chi connectivity index (χ4v) is 3.91. The van der Waals surface area contributed by atoms with Gasteiger partial charge in [0, 0.05) is 31.7 Å². The van der Waals surface area contributed by atoms with Crippen LogP contribution in [0.15, 0.2) is 41.8 Å². The molecule has 1 fully saturated rings. The highest BCUT2D eigenvalue weighted by Gasteiger charge is 2.35. The minimum absolute atomic E-state index is 0.0162. The van der Waals surface area contributed by atoms with Crippen LogP contribution in [0.25, 0.3) is 0 Å². The Bertz CT molecular complexity index is 694. The molecule has 0 atom stereocenters. The van der Waals surface area contributed by atoms with Crippen LogP contribution in [-0.2, 0) is 5.60 Å². The minimum atomic E-state index is -0.844. The van der Waals surface area contributed by atoms with E-state index in [0.29, 0.717) is 19.4 Å². The topological polar surface area (TPSA) is 61.8 Å². The molecular formula is C19H24N2O3S. The molecule has 0 saturated carbocycles. The van der Waals surface area contributed by atoms with Gasteiger partial charge in [0.25, 0.3) is 5.91 Å². The van der Waals surface area contributed by atoms with Crippen molar-refractivity contribution in [2.24, 2.45) is 0 Å². The number of benzene rings is 1. The van der Waals surface area contributed by atoms with Crippen molar-refractivity contribution in [1.82, 2.24) is 10.2 Å². The van der Waals surface area contributed by atoms with E-state index in [1.807, 2.05) is 41.8 Å². The Balaban J connectivity index is 1.49. The van der Waals surface area contributed by atoms with Crippen molar-refractivity contribution in [3.8, 4) is 5.75 Å². The minimum Gasteiger partial charge on any atom is -0.496 e. The summed E-state index contributed by atoms with van der Waals surface area (Å²) in [6, 6.07) is 11.4. The first-order valence-electron chi connectivity index (χ1n) is 8.52. The lowest BCUT2D eigenvalue weighted by Crippen LogP contribution is -2.45. The first-order valence-corrected chi connectivity index (χ1v) is 9.40. The van der Waals surface area contributed by atoms with E-state index in [1.54, 1.807) is 7.11 Å². The zero-order chi connectivity index (χ0) is 17.7. The number of thiophene rings is 1. The Morgan fingerprint density at radius 2 is 2.04 bits per heavy atom. The Morgan fingerprint density at radius 1 is 1.28 bits per heavy atom. The van der Waals surface area contributed by atoms with E-state index in [1.165, 1.54) is 11.3 Å². The summed E-state index contributed by atoms with van der Waals surface area (Å²) in [7, 11) is 1.63. The van der Waals surface area contributed by atoms with Crippen molar-refractivity contribution in [2.45, 2.75) is 18.4 Å². The second-order valence-corrected chi connectivity index (χ2v) is 7.25. The molecule has 0 radical (unpaired) electrons. The zero-order valence-electron chi connectivity index (χ0n) is 14.4. The number of nitrogens with one attached hydrogen (secondary N) is 1. The van der Waals surface area contributed by atoms with E-state index in [9.17, 15) is 9.90 Å². The van der Waals surface area contributed by atoms with Gasteiger partial charge in [0.2, 0.25) is 0 Å². The number of para-hydroxylation sites is 1. The first-order chi connectivity index (χ1) is 12.1. The molecule has 25 heavy (non-hydrogen) atoms. The van der Waals surface area contributed by atoms with Gasteiger partial charge in [-0.3, -0.25) is 4.79 Å². The molecule has 3 rings (SSSR count). The Morgan fingerprint density at radius 3 is 2.72 bits per heavy atom. The zero-order valence-corrected chi connectivity index (χ0v) is 15.2. The molecule has 1 aliphatic rings. The number of amides is 1. The lowest BCUT2D eigenvalue weighted by atomic mass is 9.84. The second kappa shape index (κ2) is 7.99. The maximum absolute atomic E-state index is 11.9. The predicted octanol–water partition coefficient (Wildman–Crippen LogP) is 2.47. The molecular weight excluding hydrogens is 336 g/mol. The molecule has 1 aliphatic heterocycles. The third-order valence-corrected chi connectivity index (χ3v) is 5.62. The molecule has 0 spiro atoms. The van der Waals surface area contributed by atoms with Crippen LogP contribution in [0.4, 0.5) is 0 Å². The van der Waals surface area contributed by atoms with Gasteiger partial charge < -0.3 is 20.1 Å². The quantitative estimate of drug-likeness (QED) is 0.831. The fraction of sp³-hybridized carbons (Fsp3) is 0.421. The molecule has 2 aromatic rings. The number of carbonyl (C=O) groups is 1. The summed E-state index contributed by atoms with van der Waals surface area (Å²) in [4.78, 5) is 14.9. The Kier molecular flexibility index (Phi) is 5.73. The van der Waals surface area contributed by atoms with Gasteiger partial charge in [-0.05, 0) is 30.4 Å². The number of carbonyl (C=O) groups excluding carboxylic acids is 1. The van der Waals surface area contributed by atoms with Crippen LogP contribution in [0.3, 0.4) is 0 Å². The van der Waals surface area contributed by atoms with Crippen molar-refractivity contribution in [2.75, 3.05) is 33.3 Å². The van der Waals surface area contributed by atoms with E-state index in [4.69, 9.17) is 4.74 Å². The van der Waals surface area contributed by atoms with Gasteiger partial charge >= 0.3 is 0 Å². The standard InChI is InChI=1S/C19H24N2O3S/c1-24-16-6-3-2-5-15(16)19(23)8-11-21(12-9-19)13-10-20-18(22)17-7-4-14-25-17/h2-7,14,23H,8-13H2,1H3,(H,20,22). The number of hydrogen-bond acceptors (Lipinski definition) is 5. The van der Waals surface area contributed by atoms with Gasteiger partial charge in [0.1, 0.15) is 5.75 Å². The largest absolute Gasteiger partial charge is 0.496 e. The highest BCUT2D eigenvalue weighted by atomic mass is 32.1. The molecule has 1 aromatic heterocycles. The summed E-state index contributed by atoms with van der Waals surface area (Å²) in [6.07, 6.45) is 1.32. The van der Waals surface area contributed by atoms with Gasteiger partial charge in [-0.15, -0.1) is 11.3 Å². The van der Waals surface area contributed by atoms with Crippen molar-refractivity contribution >= 4 is 17.2 Å². The molecule has 0 aliphatic carbocycles. The molecule has 0 bridgehead atoms. The van der Waals surface area contributed by atoms with Crippen molar-refractivity contribution < 1.29 is 14.6 Å². The fourth-order valence-electron chi connectivity index (χ4n) is 3.27.